The number of methoxy groups -OCH3 is 1. The number of benzene rings is 1. The average molecular weight is 517 g/mol. The van der Waals surface area contributed by atoms with Crippen LogP contribution in [0.25, 0.3) is 22.4 Å². The average Bonchev–Trinajstić information content (AvgIpc) is 3.36. The number of ether oxygens (including phenoxy) is 2. The van der Waals surface area contributed by atoms with Crippen molar-refractivity contribution < 1.29 is 19.4 Å². The third kappa shape index (κ3) is 6.79. The molecular formula is C25H36N6O4S. The number of aliphatic hydroxyl groups is 1. The first-order chi connectivity index (χ1) is 17.3. The fourth-order valence-electron chi connectivity index (χ4n) is 4.10. The first-order valence-corrected chi connectivity index (χ1v) is 12.8. The lowest BCUT2D eigenvalue weighted by atomic mass is 9.97. The Morgan fingerprint density at radius 1 is 1.25 bits per heavy atom. The highest BCUT2D eigenvalue weighted by Gasteiger charge is 2.25. The van der Waals surface area contributed by atoms with Crippen LogP contribution in [0.3, 0.4) is 0 Å². The Labute approximate surface area is 217 Å². The number of rotatable bonds is 6. The minimum Gasteiger partial charge on any atom is -0.497 e. The van der Waals surface area contributed by atoms with Crippen LogP contribution in [0.2, 0.25) is 0 Å². The van der Waals surface area contributed by atoms with Crippen LogP contribution < -0.4 is 15.0 Å². The van der Waals surface area contributed by atoms with Crippen molar-refractivity contribution in [2.45, 2.75) is 45.8 Å². The predicted molar refractivity (Wildman–Crippen MR) is 144 cm³/mol. The summed E-state index contributed by atoms with van der Waals surface area (Å²) in [6.07, 6.45) is 4.71. The minimum absolute atomic E-state index is 0.141. The number of imidazole rings is 1. The molecule has 3 heterocycles. The molecule has 0 bridgehead atoms. The van der Waals surface area contributed by atoms with E-state index in [4.69, 9.17) is 14.5 Å². The molecule has 196 valence electrons. The summed E-state index contributed by atoms with van der Waals surface area (Å²) in [5, 5.41) is 12.8. The number of fused-ring (bicyclic) bond motifs is 1. The molecule has 36 heavy (non-hydrogen) atoms. The monoisotopic (exact) mass is 516 g/mol. The van der Waals surface area contributed by atoms with Gasteiger partial charge in [0.15, 0.2) is 5.65 Å². The van der Waals surface area contributed by atoms with Crippen molar-refractivity contribution in [3.05, 3.63) is 30.1 Å². The lowest BCUT2D eigenvalue weighted by Crippen LogP contribution is -2.40. The van der Waals surface area contributed by atoms with E-state index >= 15 is 0 Å². The van der Waals surface area contributed by atoms with Crippen LogP contribution in [0.4, 0.5) is 10.7 Å². The van der Waals surface area contributed by atoms with Gasteiger partial charge in [0.2, 0.25) is 5.95 Å². The highest BCUT2D eigenvalue weighted by molar-refractivity contribution is 7.79. The van der Waals surface area contributed by atoms with E-state index in [1.54, 1.807) is 19.7 Å². The molecule has 0 aliphatic carbocycles. The standard InChI is InChI=1S/C24H32N6O4.CH4S/c1-24(2,3)34-23(32)25-12-15-7-9-30(10-8-15)22-28-19(20-21(29-22)27-14-26-20)18-6-5-17(33-4)11-16(18)13-31;1-2/h5-6,11,14-15,31H,7-10,12-13H2,1-4H3,(H,25,32)(H,26,27,28,29);2H,1H3. The van der Waals surface area contributed by atoms with Crippen molar-refractivity contribution in [1.29, 1.82) is 0 Å². The smallest absolute Gasteiger partial charge is 0.407 e. The molecule has 1 amide bonds. The number of anilines is 1. The van der Waals surface area contributed by atoms with E-state index in [2.05, 4.69) is 37.8 Å². The maximum absolute atomic E-state index is 12.0. The van der Waals surface area contributed by atoms with Crippen LogP contribution in [-0.2, 0) is 11.3 Å². The van der Waals surface area contributed by atoms with Gasteiger partial charge in [-0.2, -0.15) is 17.6 Å². The highest BCUT2D eigenvalue weighted by atomic mass is 32.1. The van der Waals surface area contributed by atoms with E-state index in [0.29, 0.717) is 41.1 Å². The molecule has 1 aliphatic heterocycles. The number of hydrogen-bond donors (Lipinski definition) is 4. The second kappa shape index (κ2) is 12.3. The van der Waals surface area contributed by atoms with Gasteiger partial charge in [0.05, 0.1) is 20.0 Å². The molecule has 0 radical (unpaired) electrons. The van der Waals surface area contributed by atoms with Gasteiger partial charge in [-0.05, 0) is 69.5 Å². The second-order valence-corrected chi connectivity index (χ2v) is 9.47. The highest BCUT2D eigenvalue weighted by Crippen LogP contribution is 2.32. The Morgan fingerprint density at radius 2 is 1.97 bits per heavy atom. The first kappa shape index (κ1) is 27.5. The van der Waals surface area contributed by atoms with Gasteiger partial charge in [0.1, 0.15) is 22.6 Å². The summed E-state index contributed by atoms with van der Waals surface area (Å²) in [4.78, 5) is 31.1. The molecule has 0 spiro atoms. The van der Waals surface area contributed by atoms with E-state index < -0.39 is 5.60 Å². The number of hydrogen-bond acceptors (Lipinski definition) is 9. The maximum Gasteiger partial charge on any atom is 0.407 e. The molecule has 11 heteroatoms. The number of carbonyl (C=O) groups excluding carboxylic acids is 1. The molecule has 10 nitrogen and oxygen atoms in total. The van der Waals surface area contributed by atoms with Gasteiger partial charge in [0, 0.05) is 25.2 Å². The zero-order valence-corrected chi connectivity index (χ0v) is 22.4. The van der Waals surface area contributed by atoms with E-state index in [9.17, 15) is 9.90 Å². The molecular weight excluding hydrogens is 480 g/mol. The van der Waals surface area contributed by atoms with Crippen LogP contribution in [0.5, 0.6) is 5.75 Å². The van der Waals surface area contributed by atoms with E-state index in [-0.39, 0.29) is 12.7 Å². The lowest BCUT2D eigenvalue weighted by Gasteiger charge is -2.32. The van der Waals surface area contributed by atoms with E-state index in [1.807, 2.05) is 39.0 Å². The van der Waals surface area contributed by atoms with E-state index in [0.717, 1.165) is 37.0 Å². The quantitative estimate of drug-likeness (QED) is 0.365. The lowest BCUT2D eigenvalue weighted by molar-refractivity contribution is 0.0516. The molecule has 4 rings (SSSR count). The first-order valence-electron chi connectivity index (χ1n) is 11.9. The maximum atomic E-state index is 12.0. The van der Waals surface area contributed by atoms with Crippen LogP contribution in [0, 0.1) is 5.92 Å². The van der Waals surface area contributed by atoms with Gasteiger partial charge in [-0.15, -0.1) is 0 Å². The molecule has 3 N–H and O–H groups in total. The second-order valence-electron chi connectivity index (χ2n) is 9.47. The van der Waals surface area contributed by atoms with Crippen LogP contribution in [0.1, 0.15) is 39.2 Å². The molecule has 2 aromatic heterocycles. The Hall–Kier alpha value is -3.05. The number of nitrogens with one attached hydrogen (secondary N) is 2. The number of alkyl carbamates (subject to hydrolysis) is 1. The third-order valence-corrected chi connectivity index (χ3v) is 5.84. The Morgan fingerprint density at radius 3 is 2.61 bits per heavy atom. The SMILES string of the molecule is COc1ccc(-c2nc(N3CCC(CNC(=O)OC(C)(C)C)CC3)nc3nc[nH]c23)c(CO)c1.CS. The summed E-state index contributed by atoms with van der Waals surface area (Å²) >= 11 is 3.53. The van der Waals surface area contributed by atoms with Gasteiger partial charge in [-0.25, -0.2) is 14.8 Å². The van der Waals surface area contributed by atoms with Crippen molar-refractivity contribution in [2.75, 3.05) is 37.9 Å². The fraction of sp³-hybridized carbons (Fsp3) is 0.520. The van der Waals surface area contributed by atoms with Gasteiger partial charge in [0.25, 0.3) is 0 Å². The number of amides is 1. The van der Waals surface area contributed by atoms with Gasteiger partial charge < -0.3 is 29.8 Å². The van der Waals surface area contributed by atoms with Gasteiger partial charge >= 0.3 is 6.09 Å². The molecule has 1 fully saturated rings. The normalized spacial score (nSPS) is 14.2. The number of piperidine rings is 1. The summed E-state index contributed by atoms with van der Waals surface area (Å²) in [5.41, 5.74) is 3.00. The molecule has 1 saturated heterocycles. The third-order valence-electron chi connectivity index (χ3n) is 5.84. The Kier molecular flexibility index (Phi) is 9.38. The van der Waals surface area contributed by atoms with Gasteiger partial charge in [-0.3, -0.25) is 0 Å². The van der Waals surface area contributed by atoms with Crippen LogP contribution in [-0.4, -0.2) is 69.7 Å². The fourth-order valence-corrected chi connectivity index (χ4v) is 4.10. The van der Waals surface area contributed by atoms with Crippen molar-refractivity contribution in [3.63, 3.8) is 0 Å². The van der Waals surface area contributed by atoms with Crippen molar-refractivity contribution >= 4 is 35.8 Å². The molecule has 0 atom stereocenters. The minimum atomic E-state index is -0.507. The number of nitrogens with zero attached hydrogens (tertiary/aromatic N) is 4. The molecule has 1 aliphatic rings. The number of thiol groups is 1. The summed E-state index contributed by atoms with van der Waals surface area (Å²) in [7, 11) is 1.60. The Bertz CT molecular complexity index is 1160. The summed E-state index contributed by atoms with van der Waals surface area (Å²) in [5.74, 6) is 1.64. The molecule has 0 saturated carbocycles. The number of aromatic amines is 1. The number of aliphatic hydroxyl groups excluding tert-OH is 1. The van der Waals surface area contributed by atoms with Crippen molar-refractivity contribution in [1.82, 2.24) is 25.3 Å². The predicted octanol–water partition coefficient (Wildman–Crippen LogP) is 3.81. The van der Waals surface area contributed by atoms with Crippen molar-refractivity contribution in [3.8, 4) is 17.0 Å². The zero-order chi connectivity index (χ0) is 26.3. The Balaban J connectivity index is 0.00000176. The van der Waals surface area contributed by atoms with Crippen LogP contribution >= 0.6 is 12.6 Å². The molecule has 0 unspecified atom stereocenters. The topological polar surface area (TPSA) is 125 Å². The van der Waals surface area contributed by atoms with Crippen LogP contribution in [0.15, 0.2) is 24.5 Å². The number of carbonyl (C=O) groups is 1. The molecule has 1 aromatic carbocycles. The zero-order valence-electron chi connectivity index (χ0n) is 21.5. The summed E-state index contributed by atoms with van der Waals surface area (Å²) in [6, 6.07) is 5.55. The largest absolute Gasteiger partial charge is 0.497 e. The molecule has 3 aromatic rings. The summed E-state index contributed by atoms with van der Waals surface area (Å²) in [6.45, 7) is 7.54. The number of H-pyrrole nitrogens is 1. The van der Waals surface area contributed by atoms with E-state index in [1.165, 1.54) is 0 Å². The number of aromatic nitrogens is 4. The van der Waals surface area contributed by atoms with Gasteiger partial charge in [-0.1, -0.05) is 0 Å². The summed E-state index contributed by atoms with van der Waals surface area (Å²) < 4.78 is 10.6. The van der Waals surface area contributed by atoms with Crippen molar-refractivity contribution in [2.24, 2.45) is 5.92 Å².